The van der Waals surface area contributed by atoms with Crippen LogP contribution in [0.4, 0.5) is 0 Å². The minimum absolute atomic E-state index is 0.00202. The van der Waals surface area contributed by atoms with Crippen LogP contribution in [0, 0.1) is 28.6 Å². The molecule has 4 aliphatic carbocycles. The number of allylic oxidation sites excluding steroid dienone is 4. The van der Waals surface area contributed by atoms with Crippen molar-refractivity contribution >= 4 is 11.8 Å². The van der Waals surface area contributed by atoms with Gasteiger partial charge in [-0.15, -0.1) is 0 Å². The van der Waals surface area contributed by atoms with Crippen molar-refractivity contribution in [3.63, 3.8) is 0 Å². The summed E-state index contributed by atoms with van der Waals surface area (Å²) in [5.74, 6) is -0.976. The number of carbonyl (C=O) groups is 2. The minimum Gasteiger partial charge on any atom is -0.479 e. The number of carbonyl (C=O) groups excluding carboxylic acids is 1. The lowest BCUT2D eigenvalue weighted by Crippen LogP contribution is -2.61. The van der Waals surface area contributed by atoms with E-state index in [1.54, 1.807) is 12.2 Å². The highest BCUT2D eigenvalue weighted by atomic mass is 16.4. The lowest BCUT2D eigenvalue weighted by molar-refractivity contribution is -0.192. The van der Waals surface area contributed by atoms with E-state index in [4.69, 9.17) is 0 Å². The molecule has 0 radical (unpaired) electrons. The molecule has 136 valence electrons. The van der Waals surface area contributed by atoms with Gasteiger partial charge in [0.15, 0.2) is 11.4 Å². The molecule has 0 aromatic carbocycles. The predicted molar refractivity (Wildman–Crippen MR) is 90.6 cm³/mol. The van der Waals surface area contributed by atoms with Crippen LogP contribution in [0.25, 0.3) is 0 Å². The molecule has 7 atom stereocenters. The molecule has 3 N–H and O–H groups in total. The second-order valence-electron chi connectivity index (χ2n) is 8.92. The lowest BCUT2D eigenvalue weighted by atomic mass is 9.46. The monoisotopic (exact) mass is 346 g/mol. The molecule has 0 bridgehead atoms. The molecule has 0 aromatic heterocycles. The van der Waals surface area contributed by atoms with Crippen LogP contribution in [0.1, 0.15) is 46.0 Å². The maximum absolute atomic E-state index is 11.8. The van der Waals surface area contributed by atoms with Crippen LogP contribution in [0.3, 0.4) is 0 Å². The standard InChI is InChI=1S/C20H26O5/c1-18-7-5-12(21)9-11(18)3-4-13-14-6-8-20(25,17(23)24)19(14,2)10-15(22)16(13)18/h5,7,9,13-16,22,25H,3-4,6,8,10H2,1-2H3,(H,23,24)/t13?,14?,15-,16?,18?,19?,20-/m0/s1. The molecule has 25 heavy (non-hydrogen) atoms. The highest BCUT2D eigenvalue weighted by Crippen LogP contribution is 2.66. The van der Waals surface area contributed by atoms with Gasteiger partial charge in [0.25, 0.3) is 0 Å². The molecule has 0 aromatic rings. The van der Waals surface area contributed by atoms with Crippen molar-refractivity contribution in [2.24, 2.45) is 28.6 Å². The molecule has 5 nitrogen and oxygen atoms in total. The van der Waals surface area contributed by atoms with E-state index in [0.717, 1.165) is 18.4 Å². The zero-order valence-electron chi connectivity index (χ0n) is 14.7. The Kier molecular flexibility index (Phi) is 3.42. The normalized spacial score (nSPS) is 51.4. The van der Waals surface area contributed by atoms with Crippen molar-refractivity contribution in [1.82, 2.24) is 0 Å². The molecule has 4 aliphatic rings. The zero-order chi connectivity index (χ0) is 18.2. The first-order valence-corrected chi connectivity index (χ1v) is 9.21. The molecule has 0 amide bonds. The number of fused-ring (bicyclic) bond motifs is 5. The minimum atomic E-state index is -1.76. The third kappa shape index (κ3) is 1.97. The number of hydrogen-bond donors (Lipinski definition) is 3. The zero-order valence-corrected chi connectivity index (χ0v) is 14.7. The van der Waals surface area contributed by atoms with Crippen LogP contribution in [-0.4, -0.2) is 38.8 Å². The number of aliphatic hydroxyl groups excluding tert-OH is 1. The third-order valence-electron chi connectivity index (χ3n) is 8.00. The van der Waals surface area contributed by atoms with Gasteiger partial charge in [-0.3, -0.25) is 4.79 Å². The van der Waals surface area contributed by atoms with Gasteiger partial charge in [-0.1, -0.05) is 25.5 Å². The lowest BCUT2D eigenvalue weighted by Gasteiger charge is -2.59. The topological polar surface area (TPSA) is 94.8 Å². The first kappa shape index (κ1) is 17.0. The summed E-state index contributed by atoms with van der Waals surface area (Å²) in [5.41, 5.74) is -1.86. The second-order valence-corrected chi connectivity index (χ2v) is 8.92. The van der Waals surface area contributed by atoms with Crippen LogP contribution in [0.2, 0.25) is 0 Å². The van der Waals surface area contributed by atoms with E-state index in [2.05, 4.69) is 6.92 Å². The van der Waals surface area contributed by atoms with Crippen molar-refractivity contribution in [2.75, 3.05) is 0 Å². The molecule has 0 saturated heterocycles. The predicted octanol–water partition coefficient (Wildman–Crippen LogP) is 2.08. The summed E-state index contributed by atoms with van der Waals surface area (Å²) >= 11 is 0. The smallest absolute Gasteiger partial charge is 0.336 e. The Bertz CT molecular complexity index is 709. The summed E-state index contributed by atoms with van der Waals surface area (Å²) in [6.07, 6.45) is 7.37. The van der Waals surface area contributed by atoms with E-state index in [1.165, 1.54) is 0 Å². The maximum Gasteiger partial charge on any atom is 0.336 e. The number of carboxylic acids is 1. The highest BCUT2D eigenvalue weighted by Gasteiger charge is 2.68. The Labute approximate surface area is 147 Å². The fourth-order valence-electron chi connectivity index (χ4n) is 6.68. The van der Waals surface area contributed by atoms with Crippen molar-refractivity contribution in [3.8, 4) is 0 Å². The first-order valence-electron chi connectivity index (χ1n) is 9.21. The Morgan fingerprint density at radius 2 is 2.00 bits per heavy atom. The van der Waals surface area contributed by atoms with Gasteiger partial charge >= 0.3 is 5.97 Å². The van der Waals surface area contributed by atoms with Crippen LogP contribution in [0.15, 0.2) is 23.8 Å². The van der Waals surface area contributed by atoms with Gasteiger partial charge in [0.05, 0.1) is 6.10 Å². The molecule has 5 heteroatoms. The number of hydrogen-bond acceptors (Lipinski definition) is 4. The first-order chi connectivity index (χ1) is 11.6. The van der Waals surface area contributed by atoms with E-state index in [9.17, 15) is 24.9 Å². The van der Waals surface area contributed by atoms with Gasteiger partial charge in [0, 0.05) is 16.7 Å². The highest BCUT2D eigenvalue weighted by molar-refractivity contribution is 6.01. The molecule has 3 saturated carbocycles. The third-order valence-corrected chi connectivity index (χ3v) is 8.00. The number of ketones is 1. The van der Waals surface area contributed by atoms with Crippen molar-refractivity contribution in [2.45, 2.75) is 57.7 Å². The number of carboxylic acid groups (broad SMARTS) is 1. The van der Waals surface area contributed by atoms with Gasteiger partial charge in [-0.05, 0) is 56.1 Å². The molecular formula is C20H26O5. The van der Waals surface area contributed by atoms with E-state index in [0.29, 0.717) is 6.42 Å². The van der Waals surface area contributed by atoms with E-state index < -0.39 is 23.1 Å². The summed E-state index contributed by atoms with van der Waals surface area (Å²) in [5, 5.41) is 31.6. The Morgan fingerprint density at radius 1 is 1.28 bits per heavy atom. The van der Waals surface area contributed by atoms with Crippen molar-refractivity contribution in [3.05, 3.63) is 23.8 Å². The number of aliphatic carboxylic acids is 1. The SMILES string of the molecule is CC12C=CC(=O)C=C1CCC1C2[C@@H](O)CC2(C)C1CC[C@]2(O)C(=O)O. The molecule has 5 unspecified atom stereocenters. The van der Waals surface area contributed by atoms with E-state index >= 15 is 0 Å². The van der Waals surface area contributed by atoms with Gasteiger partial charge in [0.2, 0.25) is 0 Å². The average molecular weight is 346 g/mol. The van der Waals surface area contributed by atoms with Gasteiger partial charge in [0.1, 0.15) is 0 Å². The fourth-order valence-corrected chi connectivity index (χ4v) is 6.68. The summed E-state index contributed by atoms with van der Waals surface area (Å²) < 4.78 is 0. The molecular weight excluding hydrogens is 320 g/mol. The number of rotatable bonds is 1. The largest absolute Gasteiger partial charge is 0.479 e. The molecule has 0 heterocycles. The van der Waals surface area contributed by atoms with Crippen LogP contribution in [-0.2, 0) is 9.59 Å². The summed E-state index contributed by atoms with van der Waals surface area (Å²) in [4.78, 5) is 23.6. The number of aliphatic hydroxyl groups is 2. The molecule has 4 rings (SSSR count). The fraction of sp³-hybridized carbons (Fsp3) is 0.700. The summed E-state index contributed by atoms with van der Waals surface area (Å²) in [6.45, 7) is 3.93. The van der Waals surface area contributed by atoms with Crippen molar-refractivity contribution < 1.29 is 24.9 Å². The van der Waals surface area contributed by atoms with E-state index in [-0.39, 0.29) is 41.8 Å². The van der Waals surface area contributed by atoms with E-state index in [1.807, 2.05) is 13.0 Å². The summed E-state index contributed by atoms with van der Waals surface area (Å²) in [6, 6.07) is 0. The molecule has 0 aliphatic heterocycles. The van der Waals surface area contributed by atoms with Crippen LogP contribution < -0.4 is 0 Å². The Balaban J connectivity index is 1.76. The Hall–Kier alpha value is -1.46. The maximum atomic E-state index is 11.8. The van der Waals surface area contributed by atoms with Crippen molar-refractivity contribution in [1.29, 1.82) is 0 Å². The van der Waals surface area contributed by atoms with Gasteiger partial charge in [-0.2, -0.15) is 0 Å². The van der Waals surface area contributed by atoms with Gasteiger partial charge < -0.3 is 15.3 Å². The molecule has 0 spiro atoms. The Morgan fingerprint density at radius 3 is 2.68 bits per heavy atom. The van der Waals surface area contributed by atoms with Gasteiger partial charge in [-0.25, -0.2) is 4.79 Å². The quantitative estimate of drug-likeness (QED) is 0.676. The average Bonchev–Trinajstić information content (AvgIpc) is 2.80. The molecule has 3 fully saturated rings. The second kappa shape index (κ2) is 5.04. The summed E-state index contributed by atoms with van der Waals surface area (Å²) in [7, 11) is 0. The van der Waals surface area contributed by atoms with Crippen LogP contribution in [0.5, 0.6) is 0 Å². The van der Waals surface area contributed by atoms with Crippen LogP contribution >= 0.6 is 0 Å².